The monoisotopic (exact) mass is 213 g/mol. The van der Waals surface area contributed by atoms with E-state index in [4.69, 9.17) is 5.26 Å². The number of hydrogen-bond acceptors (Lipinski definition) is 2. The number of imidazole rings is 1. The van der Waals surface area contributed by atoms with Gasteiger partial charge in [-0.25, -0.2) is 4.98 Å². The summed E-state index contributed by atoms with van der Waals surface area (Å²) in [6.45, 7) is 6.52. The number of aromatic nitrogens is 2. The molecule has 2 aromatic rings. The van der Waals surface area contributed by atoms with Gasteiger partial charge in [0.15, 0.2) is 0 Å². The second kappa shape index (κ2) is 3.97. The number of rotatable bonds is 2. The fraction of sp³-hybridized carbons (Fsp3) is 0.385. The molecule has 0 aliphatic heterocycles. The van der Waals surface area contributed by atoms with Gasteiger partial charge in [-0.05, 0) is 24.1 Å². The Balaban J connectivity index is 2.48. The number of hydrogen-bond donors (Lipinski definition) is 1. The van der Waals surface area contributed by atoms with Gasteiger partial charge in [-0.1, -0.05) is 20.8 Å². The second-order valence-electron chi connectivity index (χ2n) is 4.50. The smallest absolute Gasteiger partial charge is 0.110 e. The maximum Gasteiger partial charge on any atom is 0.110 e. The van der Waals surface area contributed by atoms with Gasteiger partial charge in [0.2, 0.25) is 0 Å². The van der Waals surface area contributed by atoms with Crippen LogP contribution in [-0.4, -0.2) is 9.97 Å². The molecular weight excluding hydrogens is 198 g/mol. The molecule has 0 aliphatic rings. The van der Waals surface area contributed by atoms with Gasteiger partial charge in [-0.15, -0.1) is 0 Å². The molecule has 3 heteroatoms. The summed E-state index contributed by atoms with van der Waals surface area (Å²) >= 11 is 0. The van der Waals surface area contributed by atoms with Crippen molar-refractivity contribution in [1.82, 2.24) is 9.97 Å². The summed E-state index contributed by atoms with van der Waals surface area (Å²) in [5.41, 5.74) is 2.54. The van der Waals surface area contributed by atoms with Crippen LogP contribution in [0.25, 0.3) is 11.0 Å². The molecule has 1 aromatic heterocycles. The lowest BCUT2D eigenvalue weighted by atomic mass is 9.98. The molecule has 82 valence electrons. The van der Waals surface area contributed by atoms with Gasteiger partial charge >= 0.3 is 0 Å². The third-order valence-electron chi connectivity index (χ3n) is 3.06. The Hall–Kier alpha value is -1.82. The summed E-state index contributed by atoms with van der Waals surface area (Å²) in [6, 6.07) is 7.67. The van der Waals surface area contributed by atoms with Crippen LogP contribution in [0.15, 0.2) is 18.2 Å². The Morgan fingerprint density at radius 1 is 1.31 bits per heavy atom. The van der Waals surface area contributed by atoms with Crippen LogP contribution in [0.3, 0.4) is 0 Å². The van der Waals surface area contributed by atoms with Crippen LogP contribution in [0.5, 0.6) is 0 Å². The van der Waals surface area contributed by atoms with Crippen molar-refractivity contribution in [2.45, 2.75) is 26.7 Å². The molecule has 1 N–H and O–H groups in total. The highest BCUT2D eigenvalue weighted by Crippen LogP contribution is 2.23. The van der Waals surface area contributed by atoms with E-state index < -0.39 is 0 Å². The first-order valence-electron chi connectivity index (χ1n) is 5.51. The fourth-order valence-corrected chi connectivity index (χ4v) is 1.63. The largest absolute Gasteiger partial charge is 0.342 e. The van der Waals surface area contributed by atoms with Crippen molar-refractivity contribution in [2.24, 2.45) is 5.92 Å². The van der Waals surface area contributed by atoms with E-state index in [2.05, 4.69) is 36.8 Å². The van der Waals surface area contributed by atoms with Gasteiger partial charge in [0, 0.05) is 5.92 Å². The lowest BCUT2D eigenvalue weighted by Crippen LogP contribution is -2.03. The molecule has 0 saturated heterocycles. The number of fused-ring (bicyclic) bond motifs is 1. The van der Waals surface area contributed by atoms with Crippen LogP contribution < -0.4 is 0 Å². The zero-order valence-corrected chi connectivity index (χ0v) is 9.78. The molecule has 0 spiro atoms. The number of nitrogens with zero attached hydrogens (tertiary/aromatic N) is 2. The summed E-state index contributed by atoms with van der Waals surface area (Å²) in [4.78, 5) is 7.83. The Bertz CT molecular complexity index is 546. The van der Waals surface area contributed by atoms with Gasteiger partial charge in [0.1, 0.15) is 5.82 Å². The maximum atomic E-state index is 8.82. The topological polar surface area (TPSA) is 52.5 Å². The highest BCUT2D eigenvalue weighted by atomic mass is 14.9. The van der Waals surface area contributed by atoms with Gasteiger partial charge < -0.3 is 4.98 Å². The van der Waals surface area contributed by atoms with E-state index in [1.165, 1.54) is 0 Å². The van der Waals surface area contributed by atoms with Gasteiger partial charge in [0.25, 0.3) is 0 Å². The van der Waals surface area contributed by atoms with E-state index >= 15 is 0 Å². The SMILES string of the molecule is CC(C)C(C)c1nc2ccc(C#N)cc2[nH]1. The predicted molar refractivity (Wildman–Crippen MR) is 64.1 cm³/mol. The molecule has 0 fully saturated rings. The molecule has 16 heavy (non-hydrogen) atoms. The van der Waals surface area contributed by atoms with E-state index in [9.17, 15) is 0 Å². The molecule has 1 atom stereocenters. The number of nitrogens with one attached hydrogen (secondary N) is 1. The highest BCUT2D eigenvalue weighted by Gasteiger charge is 2.14. The van der Waals surface area contributed by atoms with Crippen LogP contribution in [0, 0.1) is 17.2 Å². The number of aromatic amines is 1. The van der Waals surface area contributed by atoms with Gasteiger partial charge in [0.05, 0.1) is 22.7 Å². The minimum absolute atomic E-state index is 0.401. The fourth-order valence-electron chi connectivity index (χ4n) is 1.63. The molecule has 1 unspecified atom stereocenters. The Morgan fingerprint density at radius 3 is 2.69 bits per heavy atom. The van der Waals surface area contributed by atoms with Crippen LogP contribution in [0.1, 0.15) is 38.1 Å². The Labute approximate surface area is 95.1 Å². The molecule has 1 aromatic carbocycles. The van der Waals surface area contributed by atoms with E-state index in [0.29, 0.717) is 17.4 Å². The van der Waals surface area contributed by atoms with E-state index in [0.717, 1.165) is 16.9 Å². The zero-order chi connectivity index (χ0) is 11.7. The predicted octanol–water partition coefficient (Wildman–Crippen LogP) is 3.19. The molecule has 0 radical (unpaired) electrons. The third kappa shape index (κ3) is 1.79. The quantitative estimate of drug-likeness (QED) is 0.832. The second-order valence-corrected chi connectivity index (χ2v) is 4.50. The lowest BCUT2D eigenvalue weighted by Gasteiger charge is -2.11. The summed E-state index contributed by atoms with van der Waals surface area (Å²) < 4.78 is 0. The van der Waals surface area contributed by atoms with Crippen molar-refractivity contribution in [1.29, 1.82) is 5.26 Å². The molecule has 0 saturated carbocycles. The maximum absolute atomic E-state index is 8.82. The van der Waals surface area contributed by atoms with Gasteiger partial charge in [-0.3, -0.25) is 0 Å². The molecule has 0 aliphatic carbocycles. The first-order chi connectivity index (χ1) is 7.61. The third-order valence-corrected chi connectivity index (χ3v) is 3.06. The number of H-pyrrole nitrogens is 1. The zero-order valence-electron chi connectivity index (χ0n) is 9.78. The van der Waals surface area contributed by atoms with E-state index in [-0.39, 0.29) is 0 Å². The van der Waals surface area contributed by atoms with Crippen molar-refractivity contribution >= 4 is 11.0 Å². The average molecular weight is 213 g/mol. The Kier molecular flexibility index (Phi) is 2.66. The minimum Gasteiger partial charge on any atom is -0.342 e. The summed E-state index contributed by atoms with van der Waals surface area (Å²) in [5.74, 6) is 1.95. The van der Waals surface area contributed by atoms with Crippen LogP contribution >= 0.6 is 0 Å². The van der Waals surface area contributed by atoms with E-state index in [1.807, 2.05) is 12.1 Å². The molecule has 0 bridgehead atoms. The lowest BCUT2D eigenvalue weighted by molar-refractivity contribution is 0.515. The molecule has 2 rings (SSSR count). The minimum atomic E-state index is 0.401. The van der Waals surface area contributed by atoms with Crippen molar-refractivity contribution in [3.63, 3.8) is 0 Å². The summed E-state index contributed by atoms with van der Waals surface area (Å²) in [7, 11) is 0. The van der Waals surface area contributed by atoms with Crippen LogP contribution in [0.4, 0.5) is 0 Å². The number of nitriles is 1. The first-order valence-corrected chi connectivity index (χ1v) is 5.51. The average Bonchev–Trinajstić information content (AvgIpc) is 2.69. The molecule has 3 nitrogen and oxygen atoms in total. The normalized spacial score (nSPS) is 12.9. The summed E-state index contributed by atoms with van der Waals surface area (Å²) in [5, 5.41) is 8.82. The van der Waals surface area contributed by atoms with Crippen molar-refractivity contribution in [2.75, 3.05) is 0 Å². The molecular formula is C13H15N3. The van der Waals surface area contributed by atoms with Crippen molar-refractivity contribution in [3.05, 3.63) is 29.6 Å². The van der Waals surface area contributed by atoms with Crippen LogP contribution in [-0.2, 0) is 0 Å². The summed E-state index contributed by atoms with van der Waals surface area (Å²) in [6.07, 6.45) is 0. The van der Waals surface area contributed by atoms with E-state index in [1.54, 1.807) is 6.07 Å². The Morgan fingerprint density at radius 2 is 2.06 bits per heavy atom. The standard InChI is InChI=1S/C13H15N3/c1-8(2)9(3)13-15-11-5-4-10(7-14)6-12(11)16-13/h4-6,8-9H,1-3H3,(H,15,16). The van der Waals surface area contributed by atoms with Crippen molar-refractivity contribution in [3.8, 4) is 6.07 Å². The van der Waals surface area contributed by atoms with Crippen LogP contribution in [0.2, 0.25) is 0 Å². The molecule has 1 heterocycles. The highest BCUT2D eigenvalue weighted by molar-refractivity contribution is 5.76. The van der Waals surface area contributed by atoms with Crippen molar-refractivity contribution < 1.29 is 0 Å². The first kappa shape index (κ1) is 10.7. The van der Waals surface area contributed by atoms with Gasteiger partial charge in [-0.2, -0.15) is 5.26 Å². The number of benzene rings is 1. The molecule has 0 amide bonds.